The van der Waals surface area contributed by atoms with Crippen LogP contribution in [0.25, 0.3) is 10.4 Å². The largest absolute Gasteiger partial charge is 0.352 e. The Kier molecular flexibility index (Phi) is 3.10. The molecule has 5 nitrogen and oxygen atoms in total. The van der Waals surface area contributed by atoms with Crippen LogP contribution >= 0.6 is 0 Å². The Morgan fingerprint density at radius 1 is 1.58 bits per heavy atom. The summed E-state index contributed by atoms with van der Waals surface area (Å²) in [6.07, 6.45) is 3.09. The quantitative estimate of drug-likeness (QED) is 0.273. The van der Waals surface area contributed by atoms with Crippen molar-refractivity contribution in [2.75, 3.05) is 7.11 Å². The van der Waals surface area contributed by atoms with Crippen LogP contribution in [0.15, 0.2) is 17.3 Å². The van der Waals surface area contributed by atoms with Crippen molar-refractivity contribution in [3.05, 3.63) is 22.6 Å². The molecule has 0 aromatic carbocycles. The summed E-state index contributed by atoms with van der Waals surface area (Å²) in [7, 11) is 1.57. The van der Waals surface area contributed by atoms with Crippen molar-refractivity contribution in [2.45, 2.75) is 25.4 Å². The van der Waals surface area contributed by atoms with Gasteiger partial charge in [0, 0.05) is 12.0 Å². The Bertz CT molecular complexity index is 223. The predicted octanol–water partition coefficient (Wildman–Crippen LogP) is 1.61. The molecule has 5 heteroatoms. The van der Waals surface area contributed by atoms with Crippen LogP contribution in [0, 0.1) is 0 Å². The molecule has 66 valence electrons. The Balaban J connectivity index is 2.64. The van der Waals surface area contributed by atoms with Crippen molar-refractivity contribution in [3.8, 4) is 0 Å². The highest BCUT2D eigenvalue weighted by atomic mass is 16.7. The second-order valence-corrected chi connectivity index (χ2v) is 2.53. The number of methoxy groups -OCH3 is 1. The summed E-state index contributed by atoms with van der Waals surface area (Å²) in [5, 5.41) is 3.55. The van der Waals surface area contributed by atoms with Crippen molar-refractivity contribution in [3.63, 3.8) is 0 Å². The molecule has 0 bridgehead atoms. The van der Waals surface area contributed by atoms with Gasteiger partial charge in [-0.2, -0.15) is 0 Å². The molecule has 1 unspecified atom stereocenters. The van der Waals surface area contributed by atoms with Crippen LogP contribution < -0.4 is 0 Å². The zero-order chi connectivity index (χ0) is 8.97. The molecule has 3 atom stereocenters. The standard InChI is InChI=1S/C7H11N3O2/c1-5-6(9-10-8)3-4-7(11-2)12-5/h3-7H,1-2H3/t5-,6-,7?/m0/s1. The monoisotopic (exact) mass is 169 g/mol. The van der Waals surface area contributed by atoms with Gasteiger partial charge in [0.25, 0.3) is 0 Å². The van der Waals surface area contributed by atoms with E-state index in [4.69, 9.17) is 15.0 Å². The molecule has 0 spiro atoms. The molecule has 0 aromatic rings. The maximum absolute atomic E-state index is 8.20. The Morgan fingerprint density at radius 3 is 2.83 bits per heavy atom. The van der Waals surface area contributed by atoms with Gasteiger partial charge in [0.2, 0.25) is 0 Å². The van der Waals surface area contributed by atoms with Crippen LogP contribution in [-0.2, 0) is 9.47 Å². The summed E-state index contributed by atoms with van der Waals surface area (Å²) in [5.41, 5.74) is 8.20. The van der Waals surface area contributed by atoms with Crippen LogP contribution in [0.3, 0.4) is 0 Å². The minimum Gasteiger partial charge on any atom is -0.352 e. The van der Waals surface area contributed by atoms with Gasteiger partial charge in [-0.15, -0.1) is 0 Å². The molecule has 12 heavy (non-hydrogen) atoms. The maximum Gasteiger partial charge on any atom is 0.176 e. The third kappa shape index (κ3) is 1.98. The van der Waals surface area contributed by atoms with E-state index in [-0.39, 0.29) is 18.4 Å². The number of rotatable bonds is 2. The topological polar surface area (TPSA) is 67.2 Å². The van der Waals surface area contributed by atoms with E-state index in [9.17, 15) is 0 Å². The summed E-state index contributed by atoms with van der Waals surface area (Å²) in [6.45, 7) is 1.84. The van der Waals surface area contributed by atoms with Crippen LogP contribution in [-0.4, -0.2) is 25.5 Å². The normalized spacial score (nSPS) is 34.3. The Hall–Kier alpha value is -1.03. The van der Waals surface area contributed by atoms with E-state index in [1.807, 2.05) is 6.92 Å². The molecule has 0 aromatic heterocycles. The van der Waals surface area contributed by atoms with E-state index >= 15 is 0 Å². The third-order valence-corrected chi connectivity index (χ3v) is 1.71. The molecular weight excluding hydrogens is 158 g/mol. The van der Waals surface area contributed by atoms with Crippen molar-refractivity contribution >= 4 is 0 Å². The molecule has 0 aliphatic carbocycles. The van der Waals surface area contributed by atoms with Gasteiger partial charge in [0.15, 0.2) is 6.29 Å². The van der Waals surface area contributed by atoms with Crippen molar-refractivity contribution in [2.24, 2.45) is 5.11 Å². The first-order valence-electron chi connectivity index (χ1n) is 3.68. The number of azide groups is 1. The van der Waals surface area contributed by atoms with E-state index in [1.54, 1.807) is 19.3 Å². The summed E-state index contributed by atoms with van der Waals surface area (Å²) in [4.78, 5) is 2.71. The summed E-state index contributed by atoms with van der Waals surface area (Å²) in [5.74, 6) is 0. The molecule has 0 N–H and O–H groups in total. The number of nitrogens with zero attached hydrogens (tertiary/aromatic N) is 3. The lowest BCUT2D eigenvalue weighted by molar-refractivity contribution is -0.130. The SMILES string of the molecule is COC1C=C[C@H](N=[N+]=[N-])[C@H](C)O1. The molecule has 0 saturated carbocycles. The molecule has 1 rings (SSSR count). The first-order valence-corrected chi connectivity index (χ1v) is 3.68. The van der Waals surface area contributed by atoms with Crippen molar-refractivity contribution < 1.29 is 9.47 Å². The highest BCUT2D eigenvalue weighted by Gasteiger charge is 2.21. The molecule has 1 aliphatic rings. The van der Waals surface area contributed by atoms with Crippen molar-refractivity contribution in [1.82, 2.24) is 0 Å². The van der Waals surface area contributed by atoms with E-state index < -0.39 is 0 Å². The number of ether oxygens (including phenoxy) is 2. The Morgan fingerprint density at radius 2 is 2.33 bits per heavy atom. The number of hydrogen-bond donors (Lipinski definition) is 0. The van der Waals surface area contributed by atoms with Gasteiger partial charge in [-0.3, -0.25) is 0 Å². The second kappa shape index (κ2) is 4.11. The van der Waals surface area contributed by atoms with Gasteiger partial charge >= 0.3 is 0 Å². The smallest absolute Gasteiger partial charge is 0.176 e. The lowest BCUT2D eigenvalue weighted by atomic mass is 10.1. The van der Waals surface area contributed by atoms with E-state index in [2.05, 4.69) is 10.0 Å². The fraction of sp³-hybridized carbons (Fsp3) is 0.714. The molecule has 1 aliphatic heterocycles. The molecule has 0 amide bonds. The lowest BCUT2D eigenvalue weighted by Crippen LogP contribution is -2.32. The van der Waals surface area contributed by atoms with Crippen LogP contribution in [0.5, 0.6) is 0 Å². The van der Waals surface area contributed by atoms with E-state index in [1.165, 1.54) is 0 Å². The van der Waals surface area contributed by atoms with Crippen LogP contribution in [0.1, 0.15) is 6.92 Å². The molecule has 0 radical (unpaired) electrons. The average molecular weight is 169 g/mol. The number of hydrogen-bond acceptors (Lipinski definition) is 3. The Labute approximate surface area is 70.6 Å². The average Bonchev–Trinajstić information content (AvgIpc) is 2.09. The van der Waals surface area contributed by atoms with E-state index in [0.29, 0.717) is 0 Å². The van der Waals surface area contributed by atoms with Gasteiger partial charge in [0.05, 0.1) is 12.1 Å². The van der Waals surface area contributed by atoms with Gasteiger partial charge in [-0.1, -0.05) is 11.2 Å². The summed E-state index contributed by atoms with van der Waals surface area (Å²) >= 11 is 0. The fourth-order valence-corrected chi connectivity index (χ4v) is 1.02. The minimum atomic E-state index is -0.315. The molecule has 1 heterocycles. The molecule has 0 fully saturated rings. The maximum atomic E-state index is 8.20. The van der Waals surface area contributed by atoms with Crippen molar-refractivity contribution in [1.29, 1.82) is 0 Å². The minimum absolute atomic E-state index is 0.129. The molecular formula is C7H11N3O2. The summed E-state index contributed by atoms with van der Waals surface area (Å²) < 4.78 is 10.3. The predicted molar refractivity (Wildman–Crippen MR) is 43.4 cm³/mol. The van der Waals surface area contributed by atoms with Crippen LogP contribution in [0.4, 0.5) is 0 Å². The van der Waals surface area contributed by atoms with Gasteiger partial charge in [-0.05, 0) is 18.5 Å². The van der Waals surface area contributed by atoms with E-state index in [0.717, 1.165) is 0 Å². The lowest BCUT2D eigenvalue weighted by Gasteiger charge is -2.26. The first kappa shape index (κ1) is 9.06. The highest BCUT2D eigenvalue weighted by Crippen LogP contribution is 2.15. The third-order valence-electron chi connectivity index (χ3n) is 1.71. The molecule has 0 saturated heterocycles. The van der Waals surface area contributed by atoms with Gasteiger partial charge in [-0.25, -0.2) is 0 Å². The van der Waals surface area contributed by atoms with Gasteiger partial charge in [0.1, 0.15) is 0 Å². The highest BCUT2D eigenvalue weighted by molar-refractivity contribution is 5.02. The zero-order valence-corrected chi connectivity index (χ0v) is 7.04. The first-order chi connectivity index (χ1) is 5.77. The summed E-state index contributed by atoms with van der Waals surface area (Å²) in [6, 6.07) is -0.221. The second-order valence-electron chi connectivity index (χ2n) is 2.53. The van der Waals surface area contributed by atoms with Gasteiger partial charge < -0.3 is 9.47 Å². The zero-order valence-electron chi connectivity index (χ0n) is 7.04. The fourth-order valence-electron chi connectivity index (χ4n) is 1.02. The van der Waals surface area contributed by atoms with Crippen LogP contribution in [0.2, 0.25) is 0 Å².